The first-order valence-corrected chi connectivity index (χ1v) is 11.4. The second-order valence-electron chi connectivity index (χ2n) is 7.78. The zero-order valence-corrected chi connectivity index (χ0v) is 18.4. The number of amides is 1. The van der Waals surface area contributed by atoms with E-state index in [1.807, 2.05) is 10.3 Å². The zero-order chi connectivity index (χ0) is 20.9. The predicted octanol–water partition coefficient (Wildman–Crippen LogP) is 3.31. The van der Waals surface area contributed by atoms with E-state index in [1.165, 1.54) is 0 Å². The summed E-state index contributed by atoms with van der Waals surface area (Å²) in [6.07, 6.45) is 6.11. The Kier molecular flexibility index (Phi) is 6.74. The first kappa shape index (κ1) is 20.9. The third-order valence-corrected chi connectivity index (χ3v) is 6.68. The Labute approximate surface area is 181 Å². The van der Waals surface area contributed by atoms with Crippen molar-refractivity contribution in [2.24, 2.45) is 0 Å². The van der Waals surface area contributed by atoms with Crippen molar-refractivity contribution in [3.8, 4) is 16.7 Å². The predicted molar refractivity (Wildman–Crippen MR) is 116 cm³/mol. The summed E-state index contributed by atoms with van der Waals surface area (Å²) in [6, 6.07) is 5.88. The monoisotopic (exact) mass is 431 g/mol. The van der Waals surface area contributed by atoms with Gasteiger partial charge in [0.25, 0.3) is 11.1 Å². The topological polar surface area (TPSA) is 64.1 Å². The molecule has 1 amide bonds. The van der Waals surface area contributed by atoms with Gasteiger partial charge in [0.05, 0.1) is 14.2 Å². The minimum Gasteiger partial charge on any atom is -0.497 e. The van der Waals surface area contributed by atoms with Crippen LogP contribution in [0.1, 0.15) is 36.0 Å². The second kappa shape index (κ2) is 9.66. The highest BCUT2D eigenvalue weighted by molar-refractivity contribution is 7.11. The molecule has 2 fully saturated rings. The van der Waals surface area contributed by atoms with Gasteiger partial charge in [-0.2, -0.15) is 0 Å². The van der Waals surface area contributed by atoms with E-state index in [0.717, 1.165) is 57.1 Å². The van der Waals surface area contributed by atoms with Crippen molar-refractivity contribution >= 4 is 17.2 Å². The number of rotatable bonds is 6. The summed E-state index contributed by atoms with van der Waals surface area (Å²) >= 11 is 1.55. The second-order valence-corrected chi connectivity index (χ2v) is 8.63. The van der Waals surface area contributed by atoms with Gasteiger partial charge in [0, 0.05) is 55.4 Å². The number of benzene rings is 1. The highest BCUT2D eigenvalue weighted by atomic mass is 32.1. The van der Waals surface area contributed by atoms with Gasteiger partial charge in [0.1, 0.15) is 17.6 Å². The van der Waals surface area contributed by atoms with E-state index in [2.05, 4.69) is 9.88 Å². The Morgan fingerprint density at radius 3 is 2.23 bits per heavy atom. The number of thiazole rings is 1. The van der Waals surface area contributed by atoms with Crippen LogP contribution in [0.25, 0.3) is 0 Å². The summed E-state index contributed by atoms with van der Waals surface area (Å²) in [5.74, 6) is 1.31. The van der Waals surface area contributed by atoms with Crippen LogP contribution in [0.5, 0.6) is 16.7 Å². The molecule has 30 heavy (non-hydrogen) atoms. The van der Waals surface area contributed by atoms with E-state index in [0.29, 0.717) is 23.1 Å². The van der Waals surface area contributed by atoms with Crippen molar-refractivity contribution in [3.05, 3.63) is 35.3 Å². The fraction of sp³-hybridized carbons (Fsp3) is 0.545. The zero-order valence-electron chi connectivity index (χ0n) is 17.6. The Bertz CT molecular complexity index is 807. The summed E-state index contributed by atoms with van der Waals surface area (Å²) in [7, 11) is 3.19. The maximum Gasteiger partial charge on any atom is 0.273 e. The van der Waals surface area contributed by atoms with Gasteiger partial charge in [-0.05, 0) is 37.8 Å². The number of piperidine rings is 2. The van der Waals surface area contributed by atoms with Gasteiger partial charge in [-0.3, -0.25) is 9.69 Å². The van der Waals surface area contributed by atoms with Crippen LogP contribution < -0.4 is 14.2 Å². The number of carbonyl (C=O) groups excluding carboxylic acids is 1. The first-order chi connectivity index (χ1) is 14.7. The molecule has 0 radical (unpaired) electrons. The Hall–Kier alpha value is -2.32. The maximum absolute atomic E-state index is 13.0. The van der Waals surface area contributed by atoms with Crippen molar-refractivity contribution in [2.75, 3.05) is 40.4 Å². The molecular formula is C22H29N3O4S. The standard InChI is InChI=1S/C22H29N3O4S/c1-27-19-13-16(14-20(15-19)28-2)21(26)25-8-3-17(4-9-25)24-10-5-18(6-11-24)29-22-23-7-12-30-22/h7,12-15,17-18H,3-6,8-11H2,1-2H3. The molecule has 2 aliphatic rings. The van der Waals surface area contributed by atoms with E-state index in [1.54, 1.807) is 50.0 Å². The number of aromatic nitrogens is 1. The van der Waals surface area contributed by atoms with Crippen LogP contribution in [0.3, 0.4) is 0 Å². The molecule has 0 bridgehead atoms. The largest absolute Gasteiger partial charge is 0.497 e. The summed E-state index contributed by atoms with van der Waals surface area (Å²) in [6.45, 7) is 3.64. The lowest BCUT2D eigenvalue weighted by atomic mass is 9.98. The number of nitrogens with zero attached hydrogens (tertiary/aromatic N) is 3. The van der Waals surface area contributed by atoms with Crippen LogP contribution in [0.2, 0.25) is 0 Å². The number of hydrogen-bond donors (Lipinski definition) is 0. The molecule has 0 saturated carbocycles. The molecule has 7 nitrogen and oxygen atoms in total. The van der Waals surface area contributed by atoms with E-state index < -0.39 is 0 Å². The first-order valence-electron chi connectivity index (χ1n) is 10.5. The van der Waals surface area contributed by atoms with E-state index >= 15 is 0 Å². The molecule has 8 heteroatoms. The fourth-order valence-electron chi connectivity index (χ4n) is 4.32. The van der Waals surface area contributed by atoms with Crippen LogP contribution in [0, 0.1) is 0 Å². The molecule has 0 atom stereocenters. The number of likely N-dealkylation sites (tertiary alicyclic amines) is 2. The van der Waals surface area contributed by atoms with Gasteiger partial charge in [0.2, 0.25) is 0 Å². The third kappa shape index (κ3) is 4.87. The third-order valence-electron chi connectivity index (χ3n) is 6.02. The maximum atomic E-state index is 13.0. The lowest BCUT2D eigenvalue weighted by Crippen LogP contribution is -2.50. The minimum atomic E-state index is 0.0428. The number of ether oxygens (including phenoxy) is 3. The van der Waals surface area contributed by atoms with Crippen molar-refractivity contribution in [3.63, 3.8) is 0 Å². The molecule has 0 N–H and O–H groups in total. The SMILES string of the molecule is COc1cc(OC)cc(C(=O)N2CCC(N3CCC(Oc4nccs4)CC3)CC2)c1. The van der Waals surface area contributed by atoms with Gasteiger partial charge in [-0.25, -0.2) is 4.98 Å². The van der Waals surface area contributed by atoms with Crippen molar-refractivity contribution in [1.82, 2.24) is 14.8 Å². The molecule has 0 unspecified atom stereocenters. The Balaban J connectivity index is 1.27. The van der Waals surface area contributed by atoms with E-state index in [9.17, 15) is 4.79 Å². The molecule has 1 aromatic carbocycles. The molecule has 1 aromatic heterocycles. The van der Waals surface area contributed by atoms with Gasteiger partial charge in [-0.1, -0.05) is 11.3 Å². The van der Waals surface area contributed by atoms with Crippen molar-refractivity contribution < 1.29 is 19.0 Å². The lowest BCUT2D eigenvalue weighted by molar-refractivity contribution is 0.0424. The number of carbonyl (C=O) groups is 1. The Morgan fingerprint density at radius 2 is 1.67 bits per heavy atom. The van der Waals surface area contributed by atoms with Crippen LogP contribution in [-0.4, -0.2) is 73.2 Å². The smallest absolute Gasteiger partial charge is 0.273 e. The highest BCUT2D eigenvalue weighted by Crippen LogP contribution is 2.27. The minimum absolute atomic E-state index is 0.0428. The molecular weight excluding hydrogens is 402 g/mol. The molecule has 4 rings (SSSR count). The average Bonchev–Trinajstić information content (AvgIpc) is 3.32. The fourth-order valence-corrected chi connectivity index (χ4v) is 4.87. The van der Waals surface area contributed by atoms with Crippen molar-refractivity contribution in [2.45, 2.75) is 37.8 Å². The molecule has 0 spiro atoms. The summed E-state index contributed by atoms with van der Waals surface area (Å²) in [5, 5.41) is 2.72. The summed E-state index contributed by atoms with van der Waals surface area (Å²) < 4.78 is 16.6. The Morgan fingerprint density at radius 1 is 1.00 bits per heavy atom. The number of methoxy groups -OCH3 is 2. The molecule has 162 valence electrons. The average molecular weight is 432 g/mol. The summed E-state index contributed by atoms with van der Waals surface area (Å²) in [5.41, 5.74) is 0.616. The van der Waals surface area contributed by atoms with Crippen molar-refractivity contribution in [1.29, 1.82) is 0 Å². The molecule has 0 aliphatic carbocycles. The highest BCUT2D eigenvalue weighted by Gasteiger charge is 2.31. The van der Waals surface area contributed by atoms with E-state index in [4.69, 9.17) is 14.2 Å². The van der Waals surface area contributed by atoms with Gasteiger partial charge in [-0.15, -0.1) is 0 Å². The van der Waals surface area contributed by atoms with Gasteiger partial charge in [0.15, 0.2) is 0 Å². The molecule has 2 aromatic rings. The summed E-state index contributed by atoms with van der Waals surface area (Å²) in [4.78, 5) is 21.7. The molecule has 3 heterocycles. The van der Waals surface area contributed by atoms with Gasteiger partial charge >= 0.3 is 0 Å². The normalized spacial score (nSPS) is 18.9. The quantitative estimate of drug-likeness (QED) is 0.699. The van der Waals surface area contributed by atoms with E-state index in [-0.39, 0.29) is 12.0 Å². The van der Waals surface area contributed by atoms with Crippen LogP contribution in [-0.2, 0) is 0 Å². The van der Waals surface area contributed by atoms with Crippen LogP contribution in [0.4, 0.5) is 0 Å². The van der Waals surface area contributed by atoms with Gasteiger partial charge < -0.3 is 19.1 Å². The number of hydrogen-bond acceptors (Lipinski definition) is 7. The molecule has 2 aliphatic heterocycles. The lowest BCUT2D eigenvalue weighted by Gasteiger charge is -2.41. The van der Waals surface area contributed by atoms with Crippen LogP contribution in [0.15, 0.2) is 29.8 Å². The van der Waals surface area contributed by atoms with Crippen LogP contribution >= 0.6 is 11.3 Å². The molecule has 2 saturated heterocycles.